The molecule has 3 aromatic carbocycles. The third-order valence-corrected chi connectivity index (χ3v) is 18.5. The zero-order chi connectivity index (χ0) is 29.1. The number of alkyl halides is 6. The topological polar surface area (TPSA) is 111 Å². The molecule has 0 radical (unpaired) electrons. The third kappa shape index (κ3) is 7.81. The fourth-order valence-electron chi connectivity index (χ4n) is 2.63. The molecule has 0 aliphatic carbocycles. The first-order valence-electron chi connectivity index (χ1n) is 10.1. The summed E-state index contributed by atoms with van der Waals surface area (Å²) in [6.07, 6.45) is -0.00216. The molecule has 0 heterocycles. The van der Waals surface area contributed by atoms with Crippen LogP contribution < -0.4 is 0 Å². The molecule has 0 aliphatic heterocycles. The molecule has 0 atom stereocenters. The normalized spacial score (nSPS) is 13.5. The van der Waals surface area contributed by atoms with Crippen molar-refractivity contribution in [1.29, 1.82) is 5.26 Å². The third-order valence-electron chi connectivity index (χ3n) is 4.38. The van der Waals surface area contributed by atoms with Crippen molar-refractivity contribution in [2.75, 3.05) is 0 Å². The average Bonchev–Trinajstić information content (AvgIpc) is 2.86. The Morgan fingerprint density at radius 1 is 0.615 bits per heavy atom. The maximum absolute atomic E-state index is 13.1. The van der Waals surface area contributed by atoms with Gasteiger partial charge in [0.1, 0.15) is 0 Å². The van der Waals surface area contributed by atoms with Crippen LogP contribution in [0.5, 0.6) is 0 Å². The molecular formula is C22H15F6I2NO6S2. The summed E-state index contributed by atoms with van der Waals surface area (Å²) in [5.74, 6) is 0. The fourth-order valence-corrected chi connectivity index (χ4v) is 15.5. The number of hydrogen-bond donors (Lipinski definition) is 0. The van der Waals surface area contributed by atoms with Gasteiger partial charge in [0.2, 0.25) is 0 Å². The molecule has 0 aliphatic rings. The van der Waals surface area contributed by atoms with Gasteiger partial charge in [-0.05, 0) is 0 Å². The van der Waals surface area contributed by atoms with Crippen LogP contribution in [0.2, 0.25) is 0 Å². The molecule has 17 heteroatoms. The molecule has 0 amide bonds. The number of nitrogens with zero attached hydrogens (tertiary/aromatic N) is 1. The molecule has 0 N–H and O–H groups in total. The Kier molecular flexibility index (Phi) is 9.91. The van der Waals surface area contributed by atoms with E-state index in [1.54, 1.807) is 6.07 Å². The van der Waals surface area contributed by atoms with Crippen molar-refractivity contribution in [3.05, 3.63) is 98.7 Å². The van der Waals surface area contributed by atoms with Crippen molar-refractivity contribution in [3.63, 3.8) is 0 Å². The second kappa shape index (κ2) is 12.3. The first kappa shape index (κ1) is 31.5. The molecule has 0 saturated carbocycles. The summed E-state index contributed by atoms with van der Waals surface area (Å²) in [6.45, 7) is 0. The minimum atomic E-state index is -6.03. The van der Waals surface area contributed by atoms with Crippen LogP contribution in [0, 0.1) is 25.6 Å². The predicted molar refractivity (Wildman–Crippen MR) is 144 cm³/mol. The van der Waals surface area contributed by atoms with Crippen molar-refractivity contribution in [2.24, 2.45) is 0 Å². The molecule has 3 aromatic rings. The second-order valence-electron chi connectivity index (χ2n) is 7.12. The van der Waals surface area contributed by atoms with Crippen LogP contribution in [0.1, 0.15) is 5.56 Å². The van der Waals surface area contributed by atoms with E-state index in [1.807, 2.05) is 6.07 Å². The summed E-state index contributed by atoms with van der Waals surface area (Å²) in [4.78, 5) is 0. The van der Waals surface area contributed by atoms with E-state index in [0.717, 1.165) is 0 Å². The van der Waals surface area contributed by atoms with Gasteiger partial charge in [-0.2, -0.15) is 0 Å². The van der Waals surface area contributed by atoms with E-state index in [1.165, 1.54) is 72.8 Å². The Morgan fingerprint density at radius 2 is 0.949 bits per heavy atom. The van der Waals surface area contributed by atoms with Crippen LogP contribution in [0.3, 0.4) is 0 Å². The van der Waals surface area contributed by atoms with Gasteiger partial charge in [0.15, 0.2) is 0 Å². The first-order chi connectivity index (χ1) is 18.1. The van der Waals surface area contributed by atoms with Crippen LogP contribution in [0.25, 0.3) is 0 Å². The zero-order valence-electron chi connectivity index (χ0n) is 18.9. The van der Waals surface area contributed by atoms with Crippen molar-refractivity contribution in [1.82, 2.24) is 0 Å². The molecule has 0 spiro atoms. The monoisotopic (exact) mass is 821 g/mol. The zero-order valence-corrected chi connectivity index (χ0v) is 24.9. The van der Waals surface area contributed by atoms with Gasteiger partial charge in [0.05, 0.1) is 0 Å². The molecule has 0 bridgehead atoms. The van der Waals surface area contributed by atoms with Crippen molar-refractivity contribution >= 4 is 60.7 Å². The van der Waals surface area contributed by atoms with E-state index < -0.39 is 71.7 Å². The summed E-state index contributed by atoms with van der Waals surface area (Å²) in [6, 6.07) is 19.4. The van der Waals surface area contributed by atoms with E-state index in [-0.39, 0.29) is 20.7 Å². The average molecular weight is 821 g/mol. The molecule has 7 nitrogen and oxygen atoms in total. The molecular weight excluding hydrogens is 806 g/mol. The SMILES string of the molecule is N#CCc1ccc(I(OS(=O)(=O)C(F)(F)F)c2ccc(I(OS(=O)(=O)C(F)(F)F)c3ccccc3)cc2)cc1. The molecule has 0 fully saturated rings. The van der Waals surface area contributed by atoms with Gasteiger partial charge in [-0.3, -0.25) is 0 Å². The van der Waals surface area contributed by atoms with Crippen LogP contribution in [-0.2, 0) is 31.7 Å². The van der Waals surface area contributed by atoms with E-state index in [0.29, 0.717) is 5.56 Å². The molecule has 212 valence electrons. The molecule has 0 unspecified atom stereocenters. The van der Waals surface area contributed by atoms with Crippen LogP contribution in [0.4, 0.5) is 26.3 Å². The Bertz CT molecular complexity index is 1540. The Hall–Kier alpha value is -1.99. The molecule has 0 saturated heterocycles. The fraction of sp³-hybridized carbons (Fsp3) is 0.136. The standard InChI is InChI=1S/C22H15F6I2NO6S2/c23-21(24,25)38(32,33)36-29(17-4-2-1-3-5-17)19-10-12-20(13-11-19)30(37-39(34,35)22(26,27)28)18-8-6-16(7-9-18)14-15-31/h1-13H,14H2. The van der Waals surface area contributed by atoms with Gasteiger partial charge in [0.25, 0.3) is 0 Å². The number of halogens is 8. The second-order valence-corrected chi connectivity index (χ2v) is 20.1. The van der Waals surface area contributed by atoms with Crippen LogP contribution >= 0.6 is 40.5 Å². The van der Waals surface area contributed by atoms with E-state index in [9.17, 15) is 43.2 Å². The van der Waals surface area contributed by atoms with Crippen molar-refractivity contribution in [2.45, 2.75) is 17.4 Å². The van der Waals surface area contributed by atoms with E-state index >= 15 is 0 Å². The van der Waals surface area contributed by atoms with Gasteiger partial charge in [0, 0.05) is 0 Å². The molecule has 39 heavy (non-hydrogen) atoms. The van der Waals surface area contributed by atoms with Crippen molar-refractivity contribution < 1.29 is 48.2 Å². The van der Waals surface area contributed by atoms with Crippen LogP contribution in [-0.4, -0.2) is 27.9 Å². The number of benzene rings is 3. The van der Waals surface area contributed by atoms with Gasteiger partial charge >= 0.3 is 236 Å². The van der Waals surface area contributed by atoms with Crippen molar-refractivity contribution in [3.8, 4) is 6.07 Å². The summed E-state index contributed by atoms with van der Waals surface area (Å²) in [7, 11) is -12.0. The number of nitriles is 1. The minimum absolute atomic E-state index is 0.00216. The predicted octanol–water partition coefficient (Wildman–Crippen LogP) is 6.41. The Labute approximate surface area is 234 Å². The summed E-state index contributed by atoms with van der Waals surface area (Å²) in [5.41, 5.74) is -10.9. The van der Waals surface area contributed by atoms with Gasteiger partial charge in [-0.25, -0.2) is 0 Å². The summed E-state index contributed by atoms with van der Waals surface area (Å²) >= 11 is -7.63. The first-order valence-corrected chi connectivity index (χ1v) is 19.0. The van der Waals surface area contributed by atoms with E-state index in [4.69, 9.17) is 5.26 Å². The number of hydrogen-bond acceptors (Lipinski definition) is 7. The number of rotatable bonds is 9. The summed E-state index contributed by atoms with van der Waals surface area (Å²) < 4.78 is 135. The maximum atomic E-state index is 13.1. The summed E-state index contributed by atoms with van der Waals surface area (Å²) in [5, 5.41) is 8.81. The Balaban J connectivity index is 2.06. The van der Waals surface area contributed by atoms with E-state index in [2.05, 4.69) is 5.03 Å². The van der Waals surface area contributed by atoms with Crippen LogP contribution in [0.15, 0.2) is 78.9 Å². The van der Waals surface area contributed by atoms with Gasteiger partial charge < -0.3 is 0 Å². The Morgan fingerprint density at radius 3 is 1.28 bits per heavy atom. The quantitative estimate of drug-likeness (QED) is 0.140. The molecule has 3 rings (SSSR count). The van der Waals surface area contributed by atoms with Gasteiger partial charge in [-0.15, -0.1) is 0 Å². The molecule has 0 aromatic heterocycles. The van der Waals surface area contributed by atoms with Gasteiger partial charge in [-0.1, -0.05) is 0 Å².